The van der Waals surface area contributed by atoms with Crippen LogP contribution in [0.25, 0.3) is 11.8 Å². The van der Waals surface area contributed by atoms with E-state index in [0.29, 0.717) is 12.2 Å². The fraction of sp³-hybridized carbons (Fsp3) is 0.586. The van der Waals surface area contributed by atoms with Crippen molar-refractivity contribution in [3.8, 4) is 5.69 Å². The van der Waals surface area contributed by atoms with Gasteiger partial charge in [0.1, 0.15) is 5.82 Å². The zero-order chi connectivity index (χ0) is 26.3. The number of carboxylic acid groups (broad SMARTS) is 1. The molecule has 0 bridgehead atoms. The number of carboxylic acids is 1. The molecular weight excluding hydrogens is 491 g/mol. The van der Waals surface area contributed by atoms with Crippen LogP contribution >= 0.6 is 11.8 Å². The lowest BCUT2D eigenvalue weighted by atomic mass is 9.45. The Morgan fingerprint density at radius 1 is 1.27 bits per heavy atom. The van der Waals surface area contributed by atoms with E-state index in [1.807, 2.05) is 24.1 Å². The molecule has 0 amide bonds. The van der Waals surface area contributed by atoms with Crippen molar-refractivity contribution >= 4 is 23.8 Å². The highest BCUT2D eigenvalue weighted by molar-refractivity contribution is 7.98. The second kappa shape index (κ2) is 8.42. The van der Waals surface area contributed by atoms with Gasteiger partial charge in [-0.15, -0.1) is 0 Å². The van der Waals surface area contributed by atoms with Gasteiger partial charge < -0.3 is 15.3 Å². The van der Waals surface area contributed by atoms with E-state index in [4.69, 9.17) is 0 Å². The van der Waals surface area contributed by atoms with Gasteiger partial charge in [0, 0.05) is 11.3 Å². The van der Waals surface area contributed by atoms with Crippen molar-refractivity contribution in [2.75, 3.05) is 12.0 Å². The monoisotopic (exact) mass is 526 g/mol. The van der Waals surface area contributed by atoms with Gasteiger partial charge in [-0.3, -0.25) is 0 Å². The summed E-state index contributed by atoms with van der Waals surface area (Å²) in [5.74, 6) is -1.01. The SMILES string of the molecule is CSCC1C[C@H]2[C@@H]3CCC4=Cc5c(cnn5-c5ccc(F)cc5)C[C@]4(C)[C@H]3[C@@H](O)C[C@]2(C)[C@@]1(O)C(=O)O. The summed E-state index contributed by atoms with van der Waals surface area (Å²) >= 11 is 1.58. The van der Waals surface area contributed by atoms with Crippen LogP contribution in [-0.4, -0.2) is 54.8 Å². The van der Waals surface area contributed by atoms with E-state index in [0.717, 1.165) is 36.2 Å². The molecule has 8 heteroatoms. The van der Waals surface area contributed by atoms with Crippen molar-refractivity contribution in [3.63, 3.8) is 0 Å². The maximum Gasteiger partial charge on any atom is 0.336 e. The number of allylic oxidation sites excluding steroid dienone is 1. The zero-order valence-corrected chi connectivity index (χ0v) is 22.3. The van der Waals surface area contributed by atoms with Crippen LogP contribution in [0.2, 0.25) is 0 Å². The van der Waals surface area contributed by atoms with Crippen molar-refractivity contribution in [3.05, 3.63) is 53.1 Å². The molecule has 1 unspecified atom stereocenters. The fourth-order valence-electron chi connectivity index (χ4n) is 8.94. The number of thioether (sulfide) groups is 1. The standard InChI is InChI=1S/C29H35FN2O4S/c1-27-12-16-14-31-32(20-7-5-19(30)6-8-20)23(16)11-17(27)4-9-21-22-10-18(15-37-3)29(36,26(34)35)28(22,2)13-24(33)25(21)27/h5-8,11,14,18,21-22,24-25,33,36H,4,9-10,12-13,15H2,1-3H3,(H,34,35)/t18?,21-,22-,24-,25+,27-,28-,29-/m0/s1. The third-order valence-corrected chi connectivity index (χ3v) is 11.3. The smallest absolute Gasteiger partial charge is 0.336 e. The van der Waals surface area contributed by atoms with Gasteiger partial charge in [-0.2, -0.15) is 16.9 Å². The number of rotatable bonds is 4. The van der Waals surface area contributed by atoms with Crippen molar-refractivity contribution in [2.45, 2.75) is 57.7 Å². The number of halogens is 1. The molecule has 3 N–H and O–H groups in total. The summed E-state index contributed by atoms with van der Waals surface area (Å²) in [7, 11) is 0. The lowest BCUT2D eigenvalue weighted by Crippen LogP contribution is -2.63. The Bertz CT molecular complexity index is 1280. The maximum atomic E-state index is 13.5. The van der Waals surface area contributed by atoms with Crippen LogP contribution in [0.4, 0.5) is 4.39 Å². The molecule has 4 aliphatic carbocycles. The number of aliphatic carboxylic acids is 1. The van der Waals surface area contributed by atoms with Crippen LogP contribution < -0.4 is 0 Å². The average Bonchev–Trinajstić information content (AvgIpc) is 3.34. The molecule has 0 aliphatic heterocycles. The highest BCUT2D eigenvalue weighted by atomic mass is 32.2. The predicted octanol–water partition coefficient (Wildman–Crippen LogP) is 4.57. The van der Waals surface area contributed by atoms with E-state index in [1.54, 1.807) is 23.9 Å². The number of carbonyl (C=O) groups is 1. The molecular formula is C29H35FN2O4S. The number of benzene rings is 1. The molecule has 1 aromatic heterocycles. The first-order chi connectivity index (χ1) is 17.5. The van der Waals surface area contributed by atoms with E-state index < -0.39 is 23.1 Å². The Labute approximate surface area is 221 Å². The number of aliphatic hydroxyl groups excluding tert-OH is 1. The summed E-state index contributed by atoms with van der Waals surface area (Å²) in [4.78, 5) is 12.5. The normalized spacial score (nSPS) is 40.3. The van der Waals surface area contributed by atoms with Crippen molar-refractivity contribution < 1.29 is 24.5 Å². The van der Waals surface area contributed by atoms with E-state index in [9.17, 15) is 24.5 Å². The van der Waals surface area contributed by atoms with Gasteiger partial charge in [-0.1, -0.05) is 19.4 Å². The van der Waals surface area contributed by atoms with Gasteiger partial charge in [-0.05, 0) is 103 Å². The van der Waals surface area contributed by atoms with Gasteiger partial charge >= 0.3 is 5.97 Å². The largest absolute Gasteiger partial charge is 0.479 e. The molecule has 6 nitrogen and oxygen atoms in total. The van der Waals surface area contributed by atoms with Crippen molar-refractivity contribution in [1.29, 1.82) is 0 Å². The molecule has 0 spiro atoms. The van der Waals surface area contributed by atoms with E-state index in [2.05, 4.69) is 18.1 Å². The van der Waals surface area contributed by atoms with Crippen molar-refractivity contribution in [2.24, 2.45) is 34.5 Å². The summed E-state index contributed by atoms with van der Waals surface area (Å²) in [5.41, 5.74) is 1.24. The second-order valence-electron chi connectivity index (χ2n) is 12.2. The Balaban J connectivity index is 1.38. The van der Waals surface area contributed by atoms with Crippen LogP contribution in [-0.2, 0) is 11.2 Å². The number of aromatic nitrogens is 2. The molecule has 3 fully saturated rings. The Morgan fingerprint density at radius 2 is 2.00 bits per heavy atom. The third kappa shape index (κ3) is 3.31. The van der Waals surface area contributed by atoms with Crippen LogP contribution in [0.5, 0.6) is 0 Å². The summed E-state index contributed by atoms with van der Waals surface area (Å²) in [6, 6.07) is 6.33. The topological polar surface area (TPSA) is 95.6 Å². The molecule has 1 aromatic carbocycles. The first-order valence-corrected chi connectivity index (χ1v) is 14.6. The molecule has 8 atom stereocenters. The molecule has 198 valence electrons. The molecule has 6 rings (SSSR count). The van der Waals surface area contributed by atoms with E-state index >= 15 is 0 Å². The van der Waals surface area contributed by atoms with E-state index in [-0.39, 0.29) is 41.3 Å². The molecule has 4 aliphatic rings. The number of hydrogen-bond donors (Lipinski definition) is 3. The minimum atomic E-state index is -1.83. The average molecular weight is 527 g/mol. The molecule has 0 radical (unpaired) electrons. The molecule has 3 saturated carbocycles. The van der Waals surface area contributed by atoms with Gasteiger partial charge in [0.05, 0.1) is 23.7 Å². The fourth-order valence-corrected chi connectivity index (χ4v) is 9.72. The molecule has 2 aromatic rings. The molecule has 37 heavy (non-hydrogen) atoms. The van der Waals surface area contributed by atoms with Gasteiger partial charge in [0.25, 0.3) is 0 Å². The predicted molar refractivity (Wildman–Crippen MR) is 141 cm³/mol. The Morgan fingerprint density at radius 3 is 2.68 bits per heavy atom. The summed E-state index contributed by atoms with van der Waals surface area (Å²) in [6.45, 7) is 4.16. The highest BCUT2D eigenvalue weighted by Gasteiger charge is 2.72. The minimum absolute atomic E-state index is 0.0148. The van der Waals surface area contributed by atoms with Gasteiger partial charge in [0.15, 0.2) is 5.60 Å². The highest BCUT2D eigenvalue weighted by Crippen LogP contribution is 2.69. The minimum Gasteiger partial charge on any atom is -0.479 e. The quantitative estimate of drug-likeness (QED) is 0.540. The Hall–Kier alpha value is -2.16. The zero-order valence-electron chi connectivity index (χ0n) is 21.5. The number of aliphatic hydroxyl groups is 2. The summed E-state index contributed by atoms with van der Waals surface area (Å²) in [6.07, 6.45) is 8.79. The number of nitrogens with zero attached hydrogens (tertiary/aromatic N) is 2. The molecule has 0 saturated heterocycles. The first-order valence-electron chi connectivity index (χ1n) is 13.2. The second-order valence-corrected chi connectivity index (χ2v) is 13.1. The summed E-state index contributed by atoms with van der Waals surface area (Å²) < 4.78 is 15.4. The van der Waals surface area contributed by atoms with Crippen LogP contribution in [0.15, 0.2) is 36.0 Å². The third-order valence-electron chi connectivity index (χ3n) is 10.6. The number of fused-ring (bicyclic) bond motifs is 6. The lowest BCUT2D eigenvalue weighted by Gasteiger charge is -2.60. The van der Waals surface area contributed by atoms with Crippen LogP contribution in [0.3, 0.4) is 0 Å². The van der Waals surface area contributed by atoms with Crippen molar-refractivity contribution in [1.82, 2.24) is 9.78 Å². The number of hydrogen-bond acceptors (Lipinski definition) is 5. The van der Waals surface area contributed by atoms with Gasteiger partial charge in [-0.25, -0.2) is 13.9 Å². The lowest BCUT2D eigenvalue weighted by molar-refractivity contribution is -0.198. The van der Waals surface area contributed by atoms with Crippen LogP contribution in [0.1, 0.15) is 50.8 Å². The summed E-state index contributed by atoms with van der Waals surface area (Å²) in [5, 5.41) is 38.3. The molecule has 1 heterocycles. The van der Waals surface area contributed by atoms with E-state index in [1.165, 1.54) is 17.7 Å². The first kappa shape index (κ1) is 25.1. The Kier molecular flexibility index (Phi) is 5.72. The maximum absolute atomic E-state index is 13.5. The van der Waals surface area contributed by atoms with Crippen LogP contribution in [0, 0.1) is 40.3 Å². The van der Waals surface area contributed by atoms with Gasteiger partial charge in [0.2, 0.25) is 0 Å².